The lowest BCUT2D eigenvalue weighted by molar-refractivity contribution is 0.0700. The molecule has 14 heavy (non-hydrogen) atoms. The fourth-order valence-electron chi connectivity index (χ4n) is 1.60. The number of thiazole rings is 1. The quantitative estimate of drug-likeness (QED) is 0.847. The third-order valence-electron chi connectivity index (χ3n) is 2.27. The first kappa shape index (κ1) is 9.98. The van der Waals surface area contributed by atoms with Crippen LogP contribution in [0.3, 0.4) is 0 Å². The number of thioether (sulfide) groups is 1. The number of carbonyl (C=O) groups is 1. The minimum Gasteiger partial charge on any atom is -0.477 e. The maximum Gasteiger partial charge on any atom is 0.347 e. The second kappa shape index (κ2) is 4.31. The van der Waals surface area contributed by atoms with Crippen LogP contribution in [0, 0.1) is 0 Å². The van der Waals surface area contributed by atoms with Crippen molar-refractivity contribution >= 4 is 29.1 Å². The molecule has 1 atom stereocenters. The van der Waals surface area contributed by atoms with Gasteiger partial charge in [-0.05, 0) is 18.6 Å². The van der Waals surface area contributed by atoms with Crippen molar-refractivity contribution in [2.24, 2.45) is 0 Å². The topological polar surface area (TPSA) is 50.2 Å². The van der Waals surface area contributed by atoms with Gasteiger partial charge in [0.2, 0.25) is 0 Å². The summed E-state index contributed by atoms with van der Waals surface area (Å²) in [5, 5.41) is 9.25. The summed E-state index contributed by atoms with van der Waals surface area (Å²) >= 11 is 3.06. The molecule has 1 aromatic rings. The average molecular weight is 229 g/mol. The maximum atomic E-state index is 10.9. The zero-order valence-electron chi connectivity index (χ0n) is 7.60. The smallest absolute Gasteiger partial charge is 0.347 e. The SMILES string of the molecule is O=C(O)c1scnc1C1CCCCS1. The van der Waals surface area contributed by atoms with Crippen LogP contribution >= 0.6 is 23.1 Å². The molecule has 3 nitrogen and oxygen atoms in total. The van der Waals surface area contributed by atoms with Crippen molar-refractivity contribution in [1.82, 2.24) is 4.98 Å². The zero-order valence-corrected chi connectivity index (χ0v) is 9.24. The molecule has 2 rings (SSSR count). The average Bonchev–Trinajstić information content (AvgIpc) is 2.67. The van der Waals surface area contributed by atoms with Crippen molar-refractivity contribution in [2.75, 3.05) is 5.75 Å². The molecule has 1 N–H and O–H groups in total. The molecule has 1 fully saturated rings. The Balaban J connectivity index is 2.21. The Morgan fingerprint density at radius 1 is 1.57 bits per heavy atom. The molecule has 0 aromatic carbocycles. The molecule has 1 aliphatic heterocycles. The summed E-state index contributed by atoms with van der Waals surface area (Å²) in [6, 6.07) is 0. The molecule has 0 radical (unpaired) electrons. The Bertz CT molecular complexity index is 331. The summed E-state index contributed by atoms with van der Waals surface area (Å²) in [7, 11) is 0. The lowest BCUT2D eigenvalue weighted by atomic mass is 10.1. The molecule has 1 saturated heterocycles. The van der Waals surface area contributed by atoms with Crippen molar-refractivity contribution in [1.29, 1.82) is 0 Å². The zero-order chi connectivity index (χ0) is 9.97. The van der Waals surface area contributed by atoms with Gasteiger partial charge in [-0.3, -0.25) is 0 Å². The normalized spacial score (nSPS) is 22.1. The first-order valence-corrected chi connectivity index (χ1v) is 6.50. The summed E-state index contributed by atoms with van der Waals surface area (Å²) in [4.78, 5) is 15.5. The van der Waals surface area contributed by atoms with Gasteiger partial charge >= 0.3 is 5.97 Å². The molecule has 76 valence electrons. The predicted molar refractivity (Wildman–Crippen MR) is 58.1 cm³/mol. The van der Waals surface area contributed by atoms with E-state index in [4.69, 9.17) is 5.11 Å². The van der Waals surface area contributed by atoms with Gasteiger partial charge < -0.3 is 5.11 Å². The number of aromatic carboxylic acids is 1. The fourth-order valence-corrected chi connectivity index (χ4v) is 3.69. The summed E-state index contributed by atoms with van der Waals surface area (Å²) in [6.07, 6.45) is 3.50. The van der Waals surface area contributed by atoms with Crippen molar-refractivity contribution in [3.8, 4) is 0 Å². The van der Waals surface area contributed by atoms with Crippen LogP contribution in [0.1, 0.15) is 39.9 Å². The van der Waals surface area contributed by atoms with Gasteiger partial charge in [0.15, 0.2) is 0 Å². The van der Waals surface area contributed by atoms with Crippen LogP contribution in [-0.4, -0.2) is 21.8 Å². The molecule has 0 bridgehead atoms. The van der Waals surface area contributed by atoms with Crippen LogP contribution in [0.4, 0.5) is 0 Å². The van der Waals surface area contributed by atoms with Crippen LogP contribution in [0.15, 0.2) is 5.51 Å². The summed E-state index contributed by atoms with van der Waals surface area (Å²) < 4.78 is 0. The number of carboxylic acid groups (broad SMARTS) is 1. The van der Waals surface area contributed by atoms with Gasteiger partial charge in [0.05, 0.1) is 11.2 Å². The number of carboxylic acids is 1. The number of hydrogen-bond donors (Lipinski definition) is 1. The molecule has 1 aliphatic rings. The van der Waals surface area contributed by atoms with Crippen LogP contribution in [0.2, 0.25) is 0 Å². The van der Waals surface area contributed by atoms with E-state index in [0.29, 0.717) is 10.1 Å². The second-order valence-electron chi connectivity index (χ2n) is 3.23. The van der Waals surface area contributed by atoms with E-state index in [9.17, 15) is 4.79 Å². The lowest BCUT2D eigenvalue weighted by Gasteiger charge is -2.19. The van der Waals surface area contributed by atoms with Gasteiger partial charge in [0, 0.05) is 5.25 Å². The second-order valence-corrected chi connectivity index (χ2v) is 5.39. The third kappa shape index (κ3) is 1.93. The molecule has 2 heterocycles. The van der Waals surface area contributed by atoms with Crippen LogP contribution < -0.4 is 0 Å². The number of rotatable bonds is 2. The first-order chi connectivity index (χ1) is 6.79. The van der Waals surface area contributed by atoms with Gasteiger partial charge in [-0.25, -0.2) is 9.78 Å². The summed E-state index contributed by atoms with van der Waals surface area (Å²) in [5.41, 5.74) is 2.42. The molecular formula is C9H11NO2S2. The van der Waals surface area contributed by atoms with E-state index < -0.39 is 5.97 Å². The number of hydrogen-bond acceptors (Lipinski definition) is 4. The van der Waals surface area contributed by atoms with E-state index in [1.165, 1.54) is 24.2 Å². The van der Waals surface area contributed by atoms with Crippen molar-refractivity contribution < 1.29 is 9.90 Å². The van der Waals surface area contributed by atoms with Gasteiger partial charge in [-0.15, -0.1) is 11.3 Å². The van der Waals surface area contributed by atoms with E-state index >= 15 is 0 Å². The number of nitrogens with zero attached hydrogens (tertiary/aromatic N) is 1. The molecule has 0 amide bonds. The molecule has 0 aliphatic carbocycles. The monoisotopic (exact) mass is 229 g/mol. The van der Waals surface area contributed by atoms with E-state index in [1.807, 2.05) is 11.8 Å². The highest BCUT2D eigenvalue weighted by molar-refractivity contribution is 7.99. The third-order valence-corrected chi connectivity index (χ3v) is 4.49. The van der Waals surface area contributed by atoms with Gasteiger partial charge in [0.1, 0.15) is 4.88 Å². The molecule has 1 aromatic heterocycles. The van der Waals surface area contributed by atoms with E-state index in [2.05, 4.69) is 4.98 Å². The van der Waals surface area contributed by atoms with E-state index in [-0.39, 0.29) is 0 Å². The molecule has 0 saturated carbocycles. The van der Waals surface area contributed by atoms with Crippen LogP contribution in [0.5, 0.6) is 0 Å². The highest BCUT2D eigenvalue weighted by Gasteiger charge is 2.24. The largest absolute Gasteiger partial charge is 0.477 e. The van der Waals surface area contributed by atoms with E-state index in [1.54, 1.807) is 5.51 Å². The summed E-state index contributed by atoms with van der Waals surface area (Å²) in [6.45, 7) is 0. The Labute approximate surface area is 90.6 Å². The lowest BCUT2D eigenvalue weighted by Crippen LogP contribution is -2.07. The Hall–Kier alpha value is -0.550. The highest BCUT2D eigenvalue weighted by Crippen LogP contribution is 2.39. The van der Waals surface area contributed by atoms with Gasteiger partial charge in [0.25, 0.3) is 0 Å². The predicted octanol–water partition coefficient (Wildman–Crippen LogP) is 2.80. The van der Waals surface area contributed by atoms with Crippen molar-refractivity contribution in [3.05, 3.63) is 16.1 Å². The summed E-state index contributed by atoms with van der Waals surface area (Å²) in [5.74, 6) is 0.287. The van der Waals surface area contributed by atoms with Crippen LogP contribution in [0.25, 0.3) is 0 Å². The molecule has 0 spiro atoms. The van der Waals surface area contributed by atoms with Crippen molar-refractivity contribution in [2.45, 2.75) is 24.5 Å². The molecular weight excluding hydrogens is 218 g/mol. The Kier molecular flexibility index (Phi) is 3.08. The fraction of sp³-hybridized carbons (Fsp3) is 0.556. The standard InChI is InChI=1S/C9H11NO2S2/c11-9(12)8-7(10-5-14-8)6-3-1-2-4-13-6/h5-6H,1-4H2,(H,11,12). The van der Waals surface area contributed by atoms with Crippen molar-refractivity contribution in [3.63, 3.8) is 0 Å². The minimum atomic E-state index is -0.839. The Morgan fingerprint density at radius 3 is 3.07 bits per heavy atom. The van der Waals surface area contributed by atoms with Gasteiger partial charge in [-0.2, -0.15) is 11.8 Å². The Morgan fingerprint density at radius 2 is 2.43 bits per heavy atom. The van der Waals surface area contributed by atoms with Crippen LogP contribution in [-0.2, 0) is 0 Å². The number of aromatic nitrogens is 1. The first-order valence-electron chi connectivity index (χ1n) is 4.57. The van der Waals surface area contributed by atoms with E-state index in [0.717, 1.165) is 17.9 Å². The molecule has 1 unspecified atom stereocenters. The highest BCUT2D eigenvalue weighted by atomic mass is 32.2. The molecule has 5 heteroatoms. The minimum absolute atomic E-state index is 0.307. The maximum absolute atomic E-state index is 10.9. The van der Waals surface area contributed by atoms with Gasteiger partial charge in [-0.1, -0.05) is 6.42 Å².